The van der Waals surface area contributed by atoms with Gasteiger partial charge in [-0.1, -0.05) is 15.9 Å². The van der Waals surface area contributed by atoms with Gasteiger partial charge in [0.15, 0.2) is 0 Å². The van der Waals surface area contributed by atoms with Crippen molar-refractivity contribution in [3.63, 3.8) is 0 Å². The highest BCUT2D eigenvalue weighted by molar-refractivity contribution is 9.10. The molecular weight excluding hydrogens is 378 g/mol. The monoisotopic (exact) mass is 393 g/mol. The van der Waals surface area contributed by atoms with Crippen LogP contribution in [0, 0.1) is 6.92 Å². The Labute approximate surface area is 136 Å². The minimum absolute atomic E-state index is 0.134. The van der Waals surface area contributed by atoms with Crippen LogP contribution in [0.15, 0.2) is 21.5 Å². The van der Waals surface area contributed by atoms with Gasteiger partial charge in [0.2, 0.25) is 10.0 Å². The Kier molecular flexibility index (Phi) is 6.51. The smallest absolute Gasteiger partial charge is 0.338 e. The number of hydrogen-bond donors (Lipinski definition) is 2. The van der Waals surface area contributed by atoms with Crippen molar-refractivity contribution < 1.29 is 27.9 Å². The number of carboxylic acids is 1. The van der Waals surface area contributed by atoms with E-state index in [1.54, 1.807) is 13.8 Å². The second kappa shape index (κ2) is 7.70. The molecule has 0 aliphatic heterocycles. The highest BCUT2D eigenvalue weighted by atomic mass is 79.9. The van der Waals surface area contributed by atoms with Crippen molar-refractivity contribution in [2.45, 2.75) is 25.2 Å². The molecule has 0 unspecified atom stereocenters. The second-order valence-electron chi connectivity index (χ2n) is 4.34. The number of halogens is 1. The number of nitrogens with one attached hydrogen (secondary N) is 1. The maximum atomic E-state index is 12.1. The first kappa shape index (κ1) is 18.6. The SMILES string of the molecule is CCOC(=O)c1cc(S(=O)(=O)NCCC(=O)O)cc(Br)c1C. The molecule has 0 saturated heterocycles. The molecule has 1 aromatic rings. The molecule has 0 atom stereocenters. The van der Waals surface area contributed by atoms with Gasteiger partial charge < -0.3 is 9.84 Å². The summed E-state index contributed by atoms with van der Waals surface area (Å²) in [6.07, 6.45) is -0.336. The Hall–Kier alpha value is -1.45. The topological polar surface area (TPSA) is 110 Å². The minimum Gasteiger partial charge on any atom is -0.481 e. The normalized spacial score (nSPS) is 11.2. The third-order valence-corrected chi connectivity index (χ3v) is 5.02. The fourth-order valence-electron chi connectivity index (χ4n) is 1.61. The summed E-state index contributed by atoms with van der Waals surface area (Å²) in [5.74, 6) is -1.73. The number of esters is 1. The van der Waals surface area contributed by atoms with E-state index in [1.807, 2.05) is 0 Å². The Bertz CT molecular complexity index is 686. The van der Waals surface area contributed by atoms with Crippen LogP contribution in [0.5, 0.6) is 0 Å². The van der Waals surface area contributed by atoms with Gasteiger partial charge in [0.25, 0.3) is 0 Å². The predicted molar refractivity (Wildman–Crippen MR) is 82.3 cm³/mol. The van der Waals surface area contributed by atoms with Crippen molar-refractivity contribution in [2.24, 2.45) is 0 Å². The van der Waals surface area contributed by atoms with Gasteiger partial charge in [-0.25, -0.2) is 17.9 Å². The van der Waals surface area contributed by atoms with Crippen molar-refractivity contribution in [3.05, 3.63) is 27.7 Å². The van der Waals surface area contributed by atoms with Crippen LogP contribution in [0.4, 0.5) is 0 Å². The van der Waals surface area contributed by atoms with E-state index in [1.165, 1.54) is 12.1 Å². The van der Waals surface area contributed by atoms with Crippen LogP contribution >= 0.6 is 15.9 Å². The largest absolute Gasteiger partial charge is 0.481 e. The zero-order chi connectivity index (χ0) is 16.9. The van der Waals surface area contributed by atoms with Crippen molar-refractivity contribution >= 4 is 37.9 Å². The van der Waals surface area contributed by atoms with Crippen LogP contribution < -0.4 is 4.72 Å². The number of carbonyl (C=O) groups is 2. The Morgan fingerprint density at radius 3 is 2.55 bits per heavy atom. The lowest BCUT2D eigenvalue weighted by Gasteiger charge is -2.11. The molecule has 7 nitrogen and oxygen atoms in total. The molecule has 0 aliphatic carbocycles. The van der Waals surface area contributed by atoms with Gasteiger partial charge in [0.05, 0.1) is 23.5 Å². The average Bonchev–Trinajstić information content (AvgIpc) is 2.41. The van der Waals surface area contributed by atoms with Crippen molar-refractivity contribution in [2.75, 3.05) is 13.2 Å². The Morgan fingerprint density at radius 1 is 1.36 bits per heavy atom. The zero-order valence-electron chi connectivity index (χ0n) is 12.1. The van der Waals surface area contributed by atoms with E-state index < -0.39 is 22.0 Å². The van der Waals surface area contributed by atoms with Gasteiger partial charge in [-0.15, -0.1) is 0 Å². The summed E-state index contributed by atoms with van der Waals surface area (Å²) in [6, 6.07) is 2.56. The van der Waals surface area contributed by atoms with Gasteiger partial charge in [0, 0.05) is 11.0 Å². The summed E-state index contributed by atoms with van der Waals surface area (Å²) in [7, 11) is -3.92. The number of aliphatic carboxylic acids is 1. The molecule has 0 aliphatic rings. The van der Waals surface area contributed by atoms with E-state index in [9.17, 15) is 18.0 Å². The summed E-state index contributed by atoms with van der Waals surface area (Å²) >= 11 is 3.21. The molecule has 1 rings (SSSR count). The van der Waals surface area contributed by atoms with Gasteiger partial charge >= 0.3 is 11.9 Å². The van der Waals surface area contributed by atoms with Crippen LogP contribution in [0.25, 0.3) is 0 Å². The van der Waals surface area contributed by atoms with Crippen LogP contribution in [0.2, 0.25) is 0 Å². The number of rotatable bonds is 7. The number of benzene rings is 1. The summed E-state index contributed by atoms with van der Waals surface area (Å²) in [5.41, 5.74) is 0.692. The number of carbonyl (C=O) groups excluding carboxylic acids is 1. The van der Waals surface area contributed by atoms with E-state index in [4.69, 9.17) is 9.84 Å². The Balaban J connectivity index is 3.14. The molecule has 22 heavy (non-hydrogen) atoms. The fourth-order valence-corrected chi connectivity index (χ4v) is 3.30. The molecule has 122 valence electrons. The molecule has 2 N–H and O–H groups in total. The molecule has 0 heterocycles. The lowest BCUT2D eigenvalue weighted by Crippen LogP contribution is -2.26. The maximum Gasteiger partial charge on any atom is 0.338 e. The van der Waals surface area contributed by atoms with Crippen molar-refractivity contribution in [1.82, 2.24) is 4.72 Å². The molecule has 1 aromatic carbocycles. The molecule has 0 saturated carbocycles. The molecule has 0 spiro atoms. The minimum atomic E-state index is -3.92. The zero-order valence-corrected chi connectivity index (χ0v) is 14.5. The molecule has 0 aromatic heterocycles. The standard InChI is InChI=1S/C13H16BrNO6S/c1-3-21-13(18)10-6-9(7-11(14)8(10)2)22(19,20)15-5-4-12(16)17/h6-7,15H,3-5H2,1-2H3,(H,16,17). The molecule has 0 bridgehead atoms. The first-order chi connectivity index (χ1) is 10.2. The number of hydrogen-bond acceptors (Lipinski definition) is 5. The molecule has 0 radical (unpaired) electrons. The van der Waals surface area contributed by atoms with Crippen LogP contribution in [0.3, 0.4) is 0 Å². The average molecular weight is 394 g/mol. The lowest BCUT2D eigenvalue weighted by molar-refractivity contribution is -0.136. The number of ether oxygens (including phenoxy) is 1. The second-order valence-corrected chi connectivity index (χ2v) is 6.96. The van der Waals surface area contributed by atoms with Gasteiger partial charge in [-0.05, 0) is 31.5 Å². The molecule has 0 amide bonds. The van der Waals surface area contributed by atoms with Crippen molar-refractivity contribution in [1.29, 1.82) is 0 Å². The van der Waals surface area contributed by atoms with Crippen LogP contribution in [0.1, 0.15) is 29.3 Å². The summed E-state index contributed by atoms with van der Waals surface area (Å²) in [5, 5.41) is 8.53. The van der Waals surface area contributed by atoms with Gasteiger partial charge in [-0.3, -0.25) is 4.79 Å². The number of carboxylic acid groups (broad SMARTS) is 1. The third-order valence-electron chi connectivity index (χ3n) is 2.75. The quantitative estimate of drug-likeness (QED) is 0.681. The van der Waals surface area contributed by atoms with E-state index in [0.29, 0.717) is 10.0 Å². The fraction of sp³-hybridized carbons (Fsp3) is 0.385. The molecular formula is C13H16BrNO6S. The van der Waals surface area contributed by atoms with Gasteiger partial charge in [-0.2, -0.15) is 0 Å². The van der Waals surface area contributed by atoms with E-state index in [-0.39, 0.29) is 30.0 Å². The van der Waals surface area contributed by atoms with E-state index in [0.717, 1.165) is 0 Å². The highest BCUT2D eigenvalue weighted by Gasteiger charge is 2.20. The first-order valence-electron chi connectivity index (χ1n) is 6.37. The van der Waals surface area contributed by atoms with Crippen LogP contribution in [-0.4, -0.2) is 38.6 Å². The predicted octanol–water partition coefficient (Wildman–Crippen LogP) is 1.69. The number of sulfonamides is 1. The Morgan fingerprint density at radius 2 is 2.00 bits per heavy atom. The highest BCUT2D eigenvalue weighted by Crippen LogP contribution is 2.25. The van der Waals surface area contributed by atoms with E-state index >= 15 is 0 Å². The van der Waals surface area contributed by atoms with Crippen molar-refractivity contribution in [3.8, 4) is 0 Å². The summed E-state index contributed by atoms with van der Waals surface area (Å²) in [4.78, 5) is 22.2. The van der Waals surface area contributed by atoms with Gasteiger partial charge in [0.1, 0.15) is 0 Å². The summed E-state index contributed by atoms with van der Waals surface area (Å²) < 4.78 is 31.8. The third kappa shape index (κ3) is 4.79. The van der Waals surface area contributed by atoms with E-state index in [2.05, 4.69) is 20.7 Å². The molecule has 9 heteroatoms. The molecule has 0 fully saturated rings. The maximum absolute atomic E-state index is 12.1. The van der Waals surface area contributed by atoms with Crippen LogP contribution in [-0.2, 0) is 19.6 Å². The first-order valence-corrected chi connectivity index (χ1v) is 8.65. The summed E-state index contributed by atoms with van der Waals surface area (Å²) in [6.45, 7) is 3.24. The lowest BCUT2D eigenvalue weighted by atomic mass is 10.1.